The van der Waals surface area contributed by atoms with Crippen LogP contribution in [0.2, 0.25) is 0 Å². The molecule has 9 nitrogen and oxygen atoms in total. The van der Waals surface area contributed by atoms with Crippen molar-refractivity contribution < 1.29 is 27.8 Å². The fourth-order valence-electron chi connectivity index (χ4n) is 4.75. The van der Waals surface area contributed by atoms with Gasteiger partial charge >= 0.3 is 12.0 Å². The molecule has 0 N–H and O–H groups in total. The number of rotatable bonds is 8. The van der Waals surface area contributed by atoms with Crippen LogP contribution in [-0.4, -0.2) is 46.3 Å². The van der Waals surface area contributed by atoms with E-state index in [9.17, 15) is 18.4 Å². The van der Waals surface area contributed by atoms with Gasteiger partial charge in [0.2, 0.25) is 0 Å². The smallest absolute Gasteiger partial charge is 0.410 e. The third-order valence-electron chi connectivity index (χ3n) is 6.73. The van der Waals surface area contributed by atoms with E-state index in [1.54, 1.807) is 23.1 Å². The van der Waals surface area contributed by atoms with Gasteiger partial charge in [0.1, 0.15) is 23.1 Å². The molecule has 12 heteroatoms. The number of benzene rings is 2. The molecule has 4 aromatic rings. The Hall–Kier alpha value is -4.06. The van der Waals surface area contributed by atoms with E-state index in [0.29, 0.717) is 48.4 Å². The molecule has 2 aromatic carbocycles. The van der Waals surface area contributed by atoms with Crippen molar-refractivity contribution in [2.45, 2.75) is 44.9 Å². The predicted molar refractivity (Wildman–Crippen MR) is 145 cm³/mol. The molecule has 1 aliphatic heterocycles. The van der Waals surface area contributed by atoms with Gasteiger partial charge in [0.25, 0.3) is 5.56 Å². The second-order valence-electron chi connectivity index (χ2n) is 9.49. The summed E-state index contributed by atoms with van der Waals surface area (Å²) in [6.45, 7) is 1.08. The first-order chi connectivity index (χ1) is 19.2. The zero-order valence-corrected chi connectivity index (χ0v) is 23.0. The third kappa shape index (κ3) is 5.48. The molecular weight excluding hydrogens is 542 g/mol. The van der Waals surface area contributed by atoms with E-state index >= 15 is 0 Å². The molecule has 0 unspecified atom stereocenters. The number of halogens is 2. The van der Waals surface area contributed by atoms with E-state index in [4.69, 9.17) is 14.2 Å². The number of aromatic nitrogens is 3. The predicted octanol–water partition coefficient (Wildman–Crippen LogP) is 5.50. The van der Waals surface area contributed by atoms with Gasteiger partial charge in [0.15, 0.2) is 16.2 Å². The van der Waals surface area contributed by atoms with E-state index in [1.165, 1.54) is 14.2 Å². The zero-order valence-electron chi connectivity index (χ0n) is 22.2. The molecule has 1 aliphatic rings. The summed E-state index contributed by atoms with van der Waals surface area (Å²) in [4.78, 5) is 36.9. The Labute approximate surface area is 232 Å². The molecule has 0 aliphatic carbocycles. The number of thiazole rings is 1. The molecule has 0 saturated carbocycles. The average molecular weight is 571 g/mol. The molecule has 210 valence electrons. The molecule has 5 rings (SSSR count). The second kappa shape index (κ2) is 11.2. The number of fused-ring (bicyclic) bond motifs is 1. The van der Waals surface area contributed by atoms with Crippen molar-refractivity contribution in [1.82, 2.24) is 19.4 Å². The lowest BCUT2D eigenvalue weighted by Gasteiger charge is -2.22. The molecule has 1 saturated heterocycles. The van der Waals surface area contributed by atoms with Crippen LogP contribution in [0, 0.1) is 0 Å². The van der Waals surface area contributed by atoms with E-state index in [1.807, 2.05) is 30.3 Å². The van der Waals surface area contributed by atoms with Crippen LogP contribution < -0.4 is 15.0 Å². The van der Waals surface area contributed by atoms with Crippen molar-refractivity contribution in [1.29, 1.82) is 0 Å². The number of alkyl halides is 2. The number of methoxy groups -OCH3 is 2. The van der Waals surface area contributed by atoms with Gasteiger partial charge in [-0.25, -0.2) is 14.8 Å². The first-order valence-electron chi connectivity index (χ1n) is 12.7. The minimum atomic E-state index is -3.40. The van der Waals surface area contributed by atoms with Gasteiger partial charge in [0.05, 0.1) is 26.8 Å². The number of ether oxygens (including phenoxy) is 3. The summed E-state index contributed by atoms with van der Waals surface area (Å²) < 4.78 is 46.6. The third-order valence-corrected chi connectivity index (χ3v) is 7.78. The van der Waals surface area contributed by atoms with Gasteiger partial charge in [0, 0.05) is 25.1 Å². The molecule has 0 radical (unpaired) electrons. The molecule has 2 aromatic heterocycles. The lowest BCUT2D eigenvalue weighted by atomic mass is 10.1. The number of carbonyl (C=O) groups is 1. The van der Waals surface area contributed by atoms with E-state index in [0.717, 1.165) is 21.5 Å². The summed E-state index contributed by atoms with van der Waals surface area (Å²) in [5, 5.41) is 0.457. The van der Waals surface area contributed by atoms with Crippen LogP contribution in [0.1, 0.15) is 47.8 Å². The number of amides is 1. The Morgan fingerprint density at radius 2 is 1.90 bits per heavy atom. The van der Waals surface area contributed by atoms with Crippen molar-refractivity contribution in [3.05, 3.63) is 80.8 Å². The molecule has 0 spiro atoms. The van der Waals surface area contributed by atoms with Gasteiger partial charge in [-0.1, -0.05) is 41.7 Å². The highest BCUT2D eigenvalue weighted by Crippen LogP contribution is 2.37. The second-order valence-corrected chi connectivity index (χ2v) is 10.5. The maximum Gasteiger partial charge on any atom is 0.410 e. The maximum atomic E-state index is 14.8. The molecule has 1 atom stereocenters. The highest BCUT2D eigenvalue weighted by molar-refractivity contribution is 7.18. The topological polar surface area (TPSA) is 95.8 Å². The number of carbonyl (C=O) groups excluding carboxylic acids is 1. The first-order valence-corrected chi connectivity index (χ1v) is 13.5. The maximum absolute atomic E-state index is 14.8. The Kier molecular flexibility index (Phi) is 7.70. The van der Waals surface area contributed by atoms with Gasteiger partial charge in [-0.3, -0.25) is 14.3 Å². The van der Waals surface area contributed by atoms with Crippen LogP contribution in [0.3, 0.4) is 0 Å². The van der Waals surface area contributed by atoms with E-state index in [2.05, 4.69) is 9.97 Å². The number of hydrogen-bond donors (Lipinski definition) is 0. The fourth-order valence-corrected chi connectivity index (χ4v) is 5.82. The van der Waals surface area contributed by atoms with Crippen LogP contribution >= 0.6 is 11.3 Å². The van der Waals surface area contributed by atoms with E-state index in [-0.39, 0.29) is 23.5 Å². The molecule has 1 amide bonds. The van der Waals surface area contributed by atoms with Crippen molar-refractivity contribution in [2.75, 3.05) is 20.8 Å². The minimum Gasteiger partial charge on any atom is -0.497 e. The van der Waals surface area contributed by atoms with Gasteiger partial charge in [-0.15, -0.1) is 0 Å². The summed E-state index contributed by atoms with van der Waals surface area (Å²) >= 11 is 1.04. The first kappa shape index (κ1) is 27.5. The van der Waals surface area contributed by atoms with Crippen LogP contribution in [0.5, 0.6) is 11.5 Å². The van der Waals surface area contributed by atoms with Crippen LogP contribution in [-0.2, 0) is 23.8 Å². The highest BCUT2D eigenvalue weighted by atomic mass is 32.1. The van der Waals surface area contributed by atoms with E-state index < -0.39 is 29.4 Å². The Morgan fingerprint density at radius 1 is 1.12 bits per heavy atom. The summed E-state index contributed by atoms with van der Waals surface area (Å²) in [6, 6.07) is 13.8. The Balaban J connectivity index is 1.48. The average Bonchev–Trinajstić information content (AvgIpc) is 3.61. The number of likely N-dealkylation sites (tertiary alicyclic amines) is 1. The SMILES string of the molecule is COc1ccc(Cn2c(C(C)(F)F)nc3sc([C@H]4CCCN4C(=O)OCc4ccccc4)nc3c2=O)c(OC)c1. The molecule has 1 fully saturated rings. The lowest BCUT2D eigenvalue weighted by Crippen LogP contribution is -2.31. The normalized spacial score (nSPS) is 15.4. The molecular formula is C28H28F2N4O5S. The largest absolute Gasteiger partial charge is 0.497 e. The summed E-state index contributed by atoms with van der Waals surface area (Å²) in [5.41, 5.74) is 0.636. The van der Waals surface area contributed by atoms with Crippen molar-refractivity contribution in [2.24, 2.45) is 0 Å². The zero-order chi connectivity index (χ0) is 28.4. The molecule has 40 heavy (non-hydrogen) atoms. The number of nitrogens with zero attached hydrogens (tertiary/aromatic N) is 4. The minimum absolute atomic E-state index is 0.0232. The molecule has 3 heterocycles. The Morgan fingerprint density at radius 3 is 2.60 bits per heavy atom. The van der Waals surface area contributed by atoms with Crippen LogP contribution in [0.4, 0.5) is 13.6 Å². The quantitative estimate of drug-likeness (QED) is 0.276. The summed E-state index contributed by atoms with van der Waals surface area (Å²) in [6.07, 6.45) is 0.825. The summed E-state index contributed by atoms with van der Waals surface area (Å²) in [5.74, 6) is -3.18. The number of hydrogen-bond acceptors (Lipinski definition) is 8. The van der Waals surface area contributed by atoms with Gasteiger partial charge in [-0.05, 0) is 30.5 Å². The van der Waals surface area contributed by atoms with Crippen LogP contribution in [0.15, 0.2) is 53.3 Å². The monoisotopic (exact) mass is 570 g/mol. The lowest BCUT2D eigenvalue weighted by molar-refractivity contribution is 0.00329. The van der Waals surface area contributed by atoms with Crippen molar-refractivity contribution >= 4 is 27.8 Å². The van der Waals surface area contributed by atoms with Crippen molar-refractivity contribution in [3.8, 4) is 11.5 Å². The van der Waals surface area contributed by atoms with Gasteiger partial charge < -0.3 is 14.2 Å². The van der Waals surface area contributed by atoms with Crippen LogP contribution in [0.25, 0.3) is 10.3 Å². The standard InChI is InChI=1S/C28H28F2N4O5S/c1-28(29,30)26-32-24-22(25(35)34(26)15-18-11-12-19(37-2)14-21(18)38-3)31-23(40-24)20-10-7-13-33(20)27(36)39-16-17-8-5-4-6-9-17/h4-6,8-9,11-12,14,20H,7,10,13,15-16H2,1-3H3/t20-/m1/s1. The van der Waals surface area contributed by atoms with Crippen molar-refractivity contribution in [3.63, 3.8) is 0 Å². The highest BCUT2D eigenvalue weighted by Gasteiger charge is 2.36. The molecule has 0 bridgehead atoms. The van der Waals surface area contributed by atoms with Gasteiger partial charge in [-0.2, -0.15) is 8.78 Å². The summed E-state index contributed by atoms with van der Waals surface area (Å²) in [7, 11) is 2.95. The fraction of sp³-hybridized carbons (Fsp3) is 0.357. The Bertz CT molecular complexity index is 1590.